The molecule has 0 unspecified atom stereocenters. The van der Waals surface area contributed by atoms with Gasteiger partial charge in [0, 0.05) is 12.6 Å². The first-order chi connectivity index (χ1) is 16.6. The summed E-state index contributed by atoms with van der Waals surface area (Å²) in [5.41, 5.74) is 1.24. The Kier molecular flexibility index (Phi) is 8.90. The van der Waals surface area contributed by atoms with Crippen molar-refractivity contribution in [3.8, 4) is 0 Å². The van der Waals surface area contributed by atoms with E-state index in [0.29, 0.717) is 19.4 Å². The molecule has 0 aliphatic carbocycles. The van der Waals surface area contributed by atoms with Crippen molar-refractivity contribution in [2.75, 3.05) is 6.54 Å². The lowest BCUT2D eigenvalue weighted by Crippen LogP contribution is -2.51. The highest BCUT2D eigenvalue weighted by Gasteiger charge is 2.40. The molecule has 1 aliphatic rings. The Morgan fingerprint density at radius 2 is 1.60 bits per heavy atom. The molecule has 0 bridgehead atoms. The van der Waals surface area contributed by atoms with Crippen LogP contribution in [0.4, 0.5) is 4.79 Å². The molecule has 2 aromatic carbocycles. The number of hydrogen-bond donors (Lipinski definition) is 1. The van der Waals surface area contributed by atoms with Crippen LogP contribution in [0.5, 0.6) is 0 Å². The first-order valence-corrected chi connectivity index (χ1v) is 12.2. The lowest BCUT2D eigenvalue weighted by Gasteiger charge is -2.32. The number of carbonyl (C=O) groups is 3. The van der Waals surface area contributed by atoms with Crippen LogP contribution in [0.15, 0.2) is 60.7 Å². The molecular formula is C28H36N2O5. The molecule has 2 amide bonds. The average molecular weight is 481 g/mol. The Bertz CT molecular complexity index is 987. The van der Waals surface area contributed by atoms with E-state index in [-0.39, 0.29) is 18.5 Å². The van der Waals surface area contributed by atoms with Gasteiger partial charge in [0.1, 0.15) is 18.2 Å². The van der Waals surface area contributed by atoms with Gasteiger partial charge in [-0.15, -0.1) is 0 Å². The number of rotatable bonds is 8. The highest BCUT2D eigenvalue weighted by Crippen LogP contribution is 2.25. The summed E-state index contributed by atoms with van der Waals surface area (Å²) < 4.78 is 11.0. The topological polar surface area (TPSA) is 84.9 Å². The highest BCUT2D eigenvalue weighted by atomic mass is 16.6. The zero-order valence-corrected chi connectivity index (χ0v) is 21.0. The fourth-order valence-corrected chi connectivity index (χ4v) is 4.22. The Morgan fingerprint density at radius 3 is 2.20 bits per heavy atom. The molecule has 0 saturated carbocycles. The second-order valence-corrected chi connectivity index (χ2v) is 10.0. The first-order valence-electron chi connectivity index (χ1n) is 12.2. The molecule has 0 spiro atoms. The number of benzene rings is 2. The summed E-state index contributed by atoms with van der Waals surface area (Å²) in [6.45, 7) is 7.86. The minimum absolute atomic E-state index is 0.139. The smallest absolute Gasteiger partial charge is 0.407 e. The fraction of sp³-hybridized carbons (Fsp3) is 0.464. The van der Waals surface area contributed by atoms with E-state index < -0.39 is 29.7 Å². The fourth-order valence-electron chi connectivity index (χ4n) is 4.22. The van der Waals surface area contributed by atoms with E-state index in [1.807, 2.05) is 81.4 Å². The maximum absolute atomic E-state index is 13.5. The van der Waals surface area contributed by atoms with Crippen LogP contribution < -0.4 is 5.32 Å². The van der Waals surface area contributed by atoms with Gasteiger partial charge in [-0.1, -0.05) is 67.6 Å². The second-order valence-electron chi connectivity index (χ2n) is 10.0. The third-order valence-electron chi connectivity index (χ3n) is 6.02. The maximum atomic E-state index is 13.5. The molecule has 1 saturated heterocycles. The van der Waals surface area contributed by atoms with Crippen LogP contribution >= 0.6 is 0 Å². The van der Waals surface area contributed by atoms with Gasteiger partial charge < -0.3 is 19.7 Å². The Hall–Kier alpha value is -3.35. The Morgan fingerprint density at radius 1 is 1.00 bits per heavy atom. The van der Waals surface area contributed by atoms with Crippen LogP contribution in [0.3, 0.4) is 0 Å². The normalized spacial score (nSPS) is 17.4. The molecule has 3 rings (SSSR count). The number of ether oxygens (including phenoxy) is 2. The van der Waals surface area contributed by atoms with Gasteiger partial charge >= 0.3 is 12.1 Å². The third kappa shape index (κ3) is 7.84. The van der Waals surface area contributed by atoms with E-state index in [1.165, 1.54) is 0 Å². The van der Waals surface area contributed by atoms with Crippen molar-refractivity contribution in [3.63, 3.8) is 0 Å². The first kappa shape index (κ1) is 26.3. The van der Waals surface area contributed by atoms with E-state index >= 15 is 0 Å². The van der Waals surface area contributed by atoms with Crippen LogP contribution in [-0.4, -0.2) is 47.1 Å². The molecule has 0 radical (unpaired) electrons. The summed E-state index contributed by atoms with van der Waals surface area (Å²) in [5.74, 6) is -1.13. The number of carbonyl (C=O) groups excluding carboxylic acids is 3. The number of likely N-dealkylation sites (tertiary alicyclic amines) is 1. The second kappa shape index (κ2) is 11.9. The summed E-state index contributed by atoms with van der Waals surface area (Å²) in [4.78, 5) is 40.6. The van der Waals surface area contributed by atoms with E-state index in [2.05, 4.69) is 5.32 Å². The summed E-state index contributed by atoms with van der Waals surface area (Å²) in [6, 6.07) is 18.0. The van der Waals surface area contributed by atoms with Crippen LogP contribution in [0, 0.1) is 5.92 Å². The zero-order chi connectivity index (χ0) is 25.4. The van der Waals surface area contributed by atoms with Crippen molar-refractivity contribution in [3.05, 3.63) is 71.8 Å². The van der Waals surface area contributed by atoms with Crippen molar-refractivity contribution in [2.45, 2.75) is 71.2 Å². The standard InChI is InChI=1S/C28H36N2O5/c1-20(25(31)30-17-11-16-24(30)26(32)35-28(2,3)4)23(18-21-12-7-5-8-13-21)29-27(33)34-19-22-14-9-6-10-15-22/h5-10,12-15,20,23-24H,11,16-19H2,1-4H3,(H,29,33)/t20-,23-,24-/m0/s1. The van der Waals surface area contributed by atoms with Gasteiger partial charge in [0.25, 0.3) is 0 Å². The number of esters is 1. The minimum Gasteiger partial charge on any atom is -0.458 e. The van der Waals surface area contributed by atoms with Crippen LogP contribution in [0.2, 0.25) is 0 Å². The average Bonchev–Trinajstić information content (AvgIpc) is 3.32. The highest BCUT2D eigenvalue weighted by molar-refractivity contribution is 5.87. The van der Waals surface area contributed by atoms with Gasteiger partial charge in [0.05, 0.1) is 5.92 Å². The van der Waals surface area contributed by atoms with Crippen molar-refractivity contribution < 1.29 is 23.9 Å². The Balaban J connectivity index is 1.71. The molecule has 2 aromatic rings. The lowest BCUT2D eigenvalue weighted by molar-refractivity contribution is -0.164. The van der Waals surface area contributed by atoms with Crippen LogP contribution in [0.25, 0.3) is 0 Å². The molecule has 188 valence electrons. The van der Waals surface area contributed by atoms with Crippen molar-refractivity contribution in [1.29, 1.82) is 0 Å². The van der Waals surface area contributed by atoms with Gasteiger partial charge in [0.15, 0.2) is 0 Å². The zero-order valence-electron chi connectivity index (χ0n) is 21.0. The summed E-state index contributed by atoms with van der Waals surface area (Å²) in [7, 11) is 0. The molecule has 3 atom stereocenters. The Labute approximate surface area is 207 Å². The van der Waals surface area contributed by atoms with Crippen LogP contribution in [-0.2, 0) is 32.1 Å². The largest absolute Gasteiger partial charge is 0.458 e. The molecule has 1 N–H and O–H groups in total. The predicted molar refractivity (Wildman–Crippen MR) is 133 cm³/mol. The summed E-state index contributed by atoms with van der Waals surface area (Å²) in [6.07, 6.45) is 1.18. The predicted octanol–water partition coefficient (Wildman–Crippen LogP) is 4.49. The molecule has 1 heterocycles. The molecule has 7 heteroatoms. The summed E-state index contributed by atoms with van der Waals surface area (Å²) in [5, 5.41) is 2.90. The van der Waals surface area contributed by atoms with Gasteiger partial charge in [-0.3, -0.25) is 4.79 Å². The molecule has 7 nitrogen and oxygen atoms in total. The molecule has 1 fully saturated rings. The lowest BCUT2D eigenvalue weighted by atomic mass is 9.93. The maximum Gasteiger partial charge on any atom is 0.407 e. The van der Waals surface area contributed by atoms with Gasteiger partial charge in [-0.25, -0.2) is 9.59 Å². The van der Waals surface area contributed by atoms with Gasteiger partial charge in [0.2, 0.25) is 5.91 Å². The molecule has 1 aliphatic heterocycles. The summed E-state index contributed by atoms with van der Waals surface area (Å²) >= 11 is 0. The number of nitrogens with one attached hydrogen (secondary N) is 1. The molecule has 0 aromatic heterocycles. The number of nitrogens with zero attached hydrogens (tertiary/aromatic N) is 1. The number of alkyl carbamates (subject to hydrolysis) is 1. The van der Waals surface area contributed by atoms with E-state index in [9.17, 15) is 14.4 Å². The molecule has 35 heavy (non-hydrogen) atoms. The third-order valence-corrected chi connectivity index (χ3v) is 6.02. The van der Waals surface area contributed by atoms with E-state index in [1.54, 1.807) is 11.8 Å². The quantitative estimate of drug-likeness (QED) is 0.563. The number of amides is 2. The van der Waals surface area contributed by atoms with E-state index in [4.69, 9.17) is 9.47 Å². The monoisotopic (exact) mass is 480 g/mol. The minimum atomic E-state index is -0.625. The van der Waals surface area contributed by atoms with E-state index in [0.717, 1.165) is 17.5 Å². The van der Waals surface area contributed by atoms with Crippen molar-refractivity contribution in [1.82, 2.24) is 10.2 Å². The van der Waals surface area contributed by atoms with Gasteiger partial charge in [-0.2, -0.15) is 0 Å². The van der Waals surface area contributed by atoms with Gasteiger partial charge in [-0.05, 0) is 51.2 Å². The SMILES string of the molecule is C[C@H](C(=O)N1CCC[C@H]1C(=O)OC(C)(C)C)[C@H](Cc1ccccc1)NC(=O)OCc1ccccc1. The van der Waals surface area contributed by atoms with Crippen LogP contribution in [0.1, 0.15) is 51.7 Å². The number of hydrogen-bond acceptors (Lipinski definition) is 5. The van der Waals surface area contributed by atoms with Crippen molar-refractivity contribution in [2.24, 2.45) is 5.92 Å². The van der Waals surface area contributed by atoms with Crippen molar-refractivity contribution >= 4 is 18.0 Å². The molecular weight excluding hydrogens is 444 g/mol.